The van der Waals surface area contributed by atoms with Gasteiger partial charge >= 0.3 is 5.97 Å². The van der Waals surface area contributed by atoms with Crippen LogP contribution < -0.4 is 0 Å². The van der Waals surface area contributed by atoms with E-state index < -0.39 is 0 Å². The highest BCUT2D eigenvalue weighted by Gasteiger charge is 2.11. The standard InChI is InChI=1S/C24H27N3O2S/c1-6-27(4)15-25-21-12-16(2)20(11-17(21)3)13-23-26-22(14-30-23)18-7-9-19(10-8-18)24(28)29-5/h7-12,14-15H,6,13H2,1-5H3/b25-15+. The van der Waals surface area contributed by atoms with Gasteiger partial charge in [-0.3, -0.25) is 0 Å². The van der Waals surface area contributed by atoms with E-state index in [2.05, 4.69) is 48.2 Å². The summed E-state index contributed by atoms with van der Waals surface area (Å²) in [7, 11) is 3.40. The minimum atomic E-state index is -0.333. The molecule has 30 heavy (non-hydrogen) atoms. The van der Waals surface area contributed by atoms with E-state index in [9.17, 15) is 4.79 Å². The van der Waals surface area contributed by atoms with E-state index in [1.54, 1.807) is 23.5 Å². The Morgan fingerprint density at radius 1 is 1.20 bits per heavy atom. The molecule has 0 aliphatic rings. The molecule has 0 amide bonds. The highest BCUT2D eigenvalue weighted by Crippen LogP contribution is 2.28. The highest BCUT2D eigenvalue weighted by molar-refractivity contribution is 7.10. The molecule has 0 bridgehead atoms. The fourth-order valence-electron chi connectivity index (χ4n) is 3.02. The van der Waals surface area contributed by atoms with Gasteiger partial charge in [-0.2, -0.15) is 0 Å². The number of esters is 1. The average molecular weight is 422 g/mol. The second-order valence-corrected chi connectivity index (χ2v) is 8.20. The molecule has 0 aliphatic heterocycles. The molecule has 1 aromatic heterocycles. The number of benzene rings is 2. The number of carbonyl (C=O) groups excluding carboxylic acids is 1. The monoisotopic (exact) mass is 421 g/mol. The Morgan fingerprint density at radius 2 is 1.93 bits per heavy atom. The quantitative estimate of drug-likeness (QED) is 0.291. The van der Waals surface area contributed by atoms with Crippen LogP contribution in [0.3, 0.4) is 0 Å². The van der Waals surface area contributed by atoms with Crippen molar-refractivity contribution >= 4 is 29.3 Å². The second kappa shape index (κ2) is 9.67. The largest absolute Gasteiger partial charge is 0.465 e. The molecule has 156 valence electrons. The molecule has 0 saturated carbocycles. The van der Waals surface area contributed by atoms with Gasteiger partial charge in [0.1, 0.15) is 0 Å². The molecular weight excluding hydrogens is 394 g/mol. The van der Waals surface area contributed by atoms with Gasteiger partial charge < -0.3 is 9.64 Å². The van der Waals surface area contributed by atoms with Crippen LogP contribution in [0.25, 0.3) is 11.3 Å². The first-order valence-electron chi connectivity index (χ1n) is 9.89. The van der Waals surface area contributed by atoms with E-state index in [1.807, 2.05) is 25.5 Å². The Bertz CT molecular complexity index is 1050. The summed E-state index contributed by atoms with van der Waals surface area (Å²) in [6, 6.07) is 11.7. The zero-order valence-electron chi connectivity index (χ0n) is 18.1. The minimum absolute atomic E-state index is 0.333. The van der Waals surface area contributed by atoms with Crippen LogP contribution in [-0.4, -0.2) is 42.9 Å². The van der Waals surface area contributed by atoms with Crippen LogP contribution in [0.1, 0.15) is 39.0 Å². The van der Waals surface area contributed by atoms with Gasteiger partial charge in [0.2, 0.25) is 0 Å². The van der Waals surface area contributed by atoms with Crippen LogP contribution in [0.2, 0.25) is 0 Å². The molecule has 0 fully saturated rings. The van der Waals surface area contributed by atoms with Crippen molar-refractivity contribution in [1.82, 2.24) is 9.88 Å². The van der Waals surface area contributed by atoms with Crippen LogP contribution in [0.4, 0.5) is 5.69 Å². The van der Waals surface area contributed by atoms with Gasteiger partial charge in [-0.15, -0.1) is 11.3 Å². The van der Waals surface area contributed by atoms with E-state index in [-0.39, 0.29) is 5.97 Å². The maximum absolute atomic E-state index is 11.6. The normalized spacial score (nSPS) is 11.1. The Hall–Kier alpha value is -2.99. The molecule has 5 nitrogen and oxygen atoms in total. The number of rotatable bonds is 7. The lowest BCUT2D eigenvalue weighted by Crippen LogP contribution is -2.14. The van der Waals surface area contributed by atoms with Crippen LogP contribution >= 0.6 is 11.3 Å². The van der Waals surface area contributed by atoms with Crippen LogP contribution in [0, 0.1) is 13.8 Å². The fourth-order valence-corrected chi connectivity index (χ4v) is 3.84. The molecule has 0 spiro atoms. The van der Waals surface area contributed by atoms with Gasteiger partial charge in [0, 0.05) is 31.0 Å². The number of nitrogens with zero attached hydrogens (tertiary/aromatic N) is 3. The van der Waals surface area contributed by atoms with Crippen LogP contribution in [0.15, 0.2) is 46.8 Å². The number of aromatic nitrogens is 1. The summed E-state index contributed by atoms with van der Waals surface area (Å²) >= 11 is 1.65. The molecule has 1 heterocycles. The lowest BCUT2D eigenvalue weighted by atomic mass is 10.0. The molecule has 3 rings (SSSR count). The van der Waals surface area contributed by atoms with Crippen molar-refractivity contribution in [3.63, 3.8) is 0 Å². The predicted octanol–water partition coefficient (Wildman–Crippen LogP) is 5.42. The third-order valence-electron chi connectivity index (χ3n) is 5.04. The van der Waals surface area contributed by atoms with Crippen molar-refractivity contribution < 1.29 is 9.53 Å². The van der Waals surface area contributed by atoms with E-state index in [4.69, 9.17) is 9.72 Å². The summed E-state index contributed by atoms with van der Waals surface area (Å²) in [5.41, 5.74) is 7.08. The van der Waals surface area contributed by atoms with Crippen molar-refractivity contribution in [3.8, 4) is 11.3 Å². The zero-order valence-corrected chi connectivity index (χ0v) is 18.9. The lowest BCUT2D eigenvalue weighted by Gasteiger charge is -2.11. The first-order chi connectivity index (χ1) is 14.4. The van der Waals surface area contributed by atoms with Gasteiger partial charge in [0.25, 0.3) is 0 Å². The van der Waals surface area contributed by atoms with Crippen molar-refractivity contribution in [1.29, 1.82) is 0 Å². The smallest absolute Gasteiger partial charge is 0.337 e. The number of methoxy groups -OCH3 is 1. The average Bonchev–Trinajstić information content (AvgIpc) is 3.22. The number of carbonyl (C=O) groups is 1. The number of hydrogen-bond acceptors (Lipinski definition) is 5. The van der Waals surface area contributed by atoms with Crippen molar-refractivity contribution in [2.24, 2.45) is 4.99 Å². The third-order valence-corrected chi connectivity index (χ3v) is 5.89. The molecule has 6 heteroatoms. The van der Waals surface area contributed by atoms with Crippen LogP contribution in [0.5, 0.6) is 0 Å². The van der Waals surface area contributed by atoms with E-state index >= 15 is 0 Å². The Morgan fingerprint density at radius 3 is 2.60 bits per heavy atom. The Labute approximate surface area is 182 Å². The van der Waals surface area contributed by atoms with Gasteiger partial charge in [-0.05, 0) is 55.7 Å². The zero-order chi connectivity index (χ0) is 21.7. The molecule has 0 atom stereocenters. The molecular formula is C24H27N3O2S. The van der Waals surface area contributed by atoms with Gasteiger partial charge in [0.05, 0.1) is 35.4 Å². The molecule has 0 N–H and O–H groups in total. The van der Waals surface area contributed by atoms with Gasteiger partial charge in [-0.1, -0.05) is 18.2 Å². The number of hydrogen-bond donors (Lipinski definition) is 0. The summed E-state index contributed by atoms with van der Waals surface area (Å²) in [5, 5.41) is 3.12. The summed E-state index contributed by atoms with van der Waals surface area (Å²) < 4.78 is 4.75. The number of aryl methyl sites for hydroxylation is 2. The molecule has 0 aliphatic carbocycles. The topological polar surface area (TPSA) is 54.8 Å². The second-order valence-electron chi connectivity index (χ2n) is 7.26. The number of thiazole rings is 1. The summed E-state index contributed by atoms with van der Waals surface area (Å²) in [5.74, 6) is -0.333. The summed E-state index contributed by atoms with van der Waals surface area (Å²) in [6.07, 6.45) is 2.66. The first-order valence-corrected chi connectivity index (χ1v) is 10.8. The molecule has 0 radical (unpaired) electrons. The van der Waals surface area contributed by atoms with E-state index in [0.717, 1.165) is 40.5 Å². The Balaban J connectivity index is 1.76. The maximum atomic E-state index is 11.6. The first kappa shape index (κ1) is 21.7. The molecule has 2 aromatic carbocycles. The lowest BCUT2D eigenvalue weighted by molar-refractivity contribution is 0.0601. The minimum Gasteiger partial charge on any atom is -0.465 e. The van der Waals surface area contributed by atoms with Gasteiger partial charge in [-0.25, -0.2) is 14.8 Å². The number of aliphatic imine (C=N–C) groups is 1. The maximum Gasteiger partial charge on any atom is 0.337 e. The van der Waals surface area contributed by atoms with Crippen LogP contribution in [-0.2, 0) is 11.2 Å². The fraction of sp³-hybridized carbons (Fsp3) is 0.292. The third kappa shape index (κ3) is 5.13. The predicted molar refractivity (Wildman–Crippen MR) is 124 cm³/mol. The summed E-state index contributed by atoms with van der Waals surface area (Å²) in [6.45, 7) is 7.25. The molecule has 3 aromatic rings. The highest BCUT2D eigenvalue weighted by atomic mass is 32.1. The summed E-state index contributed by atoms with van der Waals surface area (Å²) in [4.78, 5) is 23.1. The SMILES string of the molecule is CCN(C)/C=N/c1cc(C)c(Cc2nc(-c3ccc(C(=O)OC)cc3)cs2)cc1C. The molecule has 0 unspecified atom stereocenters. The van der Waals surface area contributed by atoms with Crippen molar-refractivity contribution in [2.75, 3.05) is 20.7 Å². The Kier molecular flexibility index (Phi) is 7.00. The van der Waals surface area contributed by atoms with Gasteiger partial charge in [0.15, 0.2) is 0 Å². The van der Waals surface area contributed by atoms with Crippen molar-refractivity contribution in [2.45, 2.75) is 27.2 Å². The van der Waals surface area contributed by atoms with Crippen molar-refractivity contribution in [3.05, 3.63) is 69.0 Å². The number of ether oxygens (including phenoxy) is 1. The molecule has 0 saturated heterocycles. The van der Waals surface area contributed by atoms with E-state index in [0.29, 0.717) is 5.56 Å². The van der Waals surface area contributed by atoms with E-state index in [1.165, 1.54) is 18.2 Å².